The molecule has 0 saturated heterocycles. The molecule has 1 heterocycles. The average Bonchev–Trinajstić information content (AvgIpc) is 2.54. The summed E-state index contributed by atoms with van der Waals surface area (Å²) in [5.74, 6) is -0.121. The molecule has 5 heteroatoms. The van der Waals surface area contributed by atoms with Crippen molar-refractivity contribution in [3.05, 3.63) is 47.5 Å². The Morgan fingerprint density at radius 1 is 1.16 bits per heavy atom. The van der Waals surface area contributed by atoms with Crippen molar-refractivity contribution in [2.75, 3.05) is 5.32 Å². The van der Waals surface area contributed by atoms with Gasteiger partial charge in [-0.2, -0.15) is 0 Å². The van der Waals surface area contributed by atoms with E-state index in [4.69, 9.17) is 4.74 Å². The van der Waals surface area contributed by atoms with Gasteiger partial charge in [0.1, 0.15) is 5.75 Å². The second kappa shape index (κ2) is 4.13. The first kappa shape index (κ1) is 11.3. The van der Waals surface area contributed by atoms with Gasteiger partial charge in [-0.3, -0.25) is 9.59 Å². The molecule has 1 amide bonds. The summed E-state index contributed by atoms with van der Waals surface area (Å²) in [5.41, 5.74) is 0.681. The minimum Gasteiger partial charge on any atom is -0.507 e. The number of rotatable bonds is 1. The first-order valence-electron chi connectivity index (χ1n) is 5.60. The Hall–Kier alpha value is -2.82. The zero-order chi connectivity index (χ0) is 13.4. The number of carbonyl (C=O) groups excluding carboxylic acids is 2. The van der Waals surface area contributed by atoms with Gasteiger partial charge in [0.2, 0.25) is 0 Å². The number of nitrogens with one attached hydrogen (secondary N) is 1. The molecule has 0 aromatic heterocycles. The van der Waals surface area contributed by atoms with Crippen molar-refractivity contribution < 1.29 is 19.4 Å². The predicted octanol–water partition coefficient (Wildman–Crippen LogP) is 2.56. The van der Waals surface area contributed by atoms with Crippen LogP contribution in [0.3, 0.4) is 0 Å². The average molecular weight is 255 g/mol. The van der Waals surface area contributed by atoms with Crippen LogP contribution in [0.4, 0.5) is 5.69 Å². The molecule has 0 saturated carbocycles. The van der Waals surface area contributed by atoms with Crippen LogP contribution in [0.15, 0.2) is 36.4 Å². The highest BCUT2D eigenvalue weighted by Gasteiger charge is 2.24. The highest BCUT2D eigenvalue weighted by Crippen LogP contribution is 2.39. The van der Waals surface area contributed by atoms with E-state index in [0.717, 1.165) is 0 Å². The molecule has 0 aliphatic carbocycles. The fraction of sp³-hybridized carbons (Fsp3) is 0. The van der Waals surface area contributed by atoms with Gasteiger partial charge in [0.15, 0.2) is 17.8 Å². The number of ether oxygens (including phenoxy) is 1. The van der Waals surface area contributed by atoms with Crippen molar-refractivity contribution >= 4 is 17.9 Å². The van der Waals surface area contributed by atoms with Crippen LogP contribution in [0.5, 0.6) is 17.2 Å². The number of hydrogen-bond donors (Lipinski definition) is 2. The van der Waals surface area contributed by atoms with Crippen molar-refractivity contribution in [3.8, 4) is 17.2 Å². The molecule has 0 spiro atoms. The molecule has 3 rings (SSSR count). The Morgan fingerprint density at radius 3 is 2.74 bits per heavy atom. The van der Waals surface area contributed by atoms with E-state index < -0.39 is 0 Å². The molecular formula is C14H9NO4. The van der Waals surface area contributed by atoms with E-state index in [1.807, 2.05) is 0 Å². The Kier molecular flexibility index (Phi) is 2.45. The molecule has 19 heavy (non-hydrogen) atoms. The molecule has 0 atom stereocenters. The number of fused-ring (bicyclic) bond motifs is 2. The van der Waals surface area contributed by atoms with Crippen LogP contribution >= 0.6 is 0 Å². The van der Waals surface area contributed by atoms with Gasteiger partial charge >= 0.3 is 0 Å². The Bertz CT molecular complexity index is 694. The number of phenols is 1. The summed E-state index contributed by atoms with van der Waals surface area (Å²) in [4.78, 5) is 23.1. The summed E-state index contributed by atoms with van der Waals surface area (Å²) in [6, 6.07) is 9.58. The summed E-state index contributed by atoms with van der Waals surface area (Å²) in [7, 11) is 0. The topological polar surface area (TPSA) is 75.6 Å². The lowest BCUT2D eigenvalue weighted by Gasteiger charge is -2.10. The van der Waals surface area contributed by atoms with Crippen LogP contribution < -0.4 is 10.1 Å². The maximum atomic E-state index is 12.1. The van der Waals surface area contributed by atoms with Crippen LogP contribution in [0.1, 0.15) is 20.7 Å². The smallest absolute Gasteiger partial charge is 0.259 e. The van der Waals surface area contributed by atoms with Crippen LogP contribution in [-0.2, 0) is 0 Å². The van der Waals surface area contributed by atoms with E-state index in [-0.39, 0.29) is 28.5 Å². The number of phenolic OH excluding ortho intramolecular Hbond substituents is 1. The standard InChI is InChI=1S/C14H9NO4/c16-7-9-11(17)6-5-8-13(9)19-12-4-2-1-3-10(12)15-14(8)18/h1-7,17H,(H,15,18). The van der Waals surface area contributed by atoms with Gasteiger partial charge in [-0.05, 0) is 24.3 Å². The van der Waals surface area contributed by atoms with E-state index in [0.29, 0.717) is 17.7 Å². The second-order valence-corrected chi connectivity index (χ2v) is 4.05. The lowest BCUT2D eigenvalue weighted by Crippen LogP contribution is -2.10. The van der Waals surface area contributed by atoms with Crippen molar-refractivity contribution in [1.29, 1.82) is 0 Å². The molecule has 2 aromatic rings. The quantitative estimate of drug-likeness (QED) is 0.768. The Morgan fingerprint density at radius 2 is 1.95 bits per heavy atom. The number of hydrogen-bond acceptors (Lipinski definition) is 4. The highest BCUT2D eigenvalue weighted by molar-refractivity contribution is 6.09. The predicted molar refractivity (Wildman–Crippen MR) is 68.0 cm³/mol. The first-order valence-corrected chi connectivity index (χ1v) is 5.60. The molecule has 0 unspecified atom stereocenters. The van der Waals surface area contributed by atoms with Crippen LogP contribution in [-0.4, -0.2) is 17.3 Å². The van der Waals surface area contributed by atoms with E-state index >= 15 is 0 Å². The van der Waals surface area contributed by atoms with Crippen molar-refractivity contribution in [2.45, 2.75) is 0 Å². The molecule has 1 aliphatic heterocycles. The van der Waals surface area contributed by atoms with Crippen molar-refractivity contribution in [2.24, 2.45) is 0 Å². The lowest BCUT2D eigenvalue weighted by molar-refractivity contribution is 0.102. The van der Waals surface area contributed by atoms with Gasteiger partial charge in [-0.15, -0.1) is 0 Å². The highest BCUT2D eigenvalue weighted by atomic mass is 16.5. The van der Waals surface area contributed by atoms with Gasteiger partial charge in [0.25, 0.3) is 5.91 Å². The minimum atomic E-state index is -0.386. The third kappa shape index (κ3) is 1.72. The Balaban J connectivity index is 2.26. The monoisotopic (exact) mass is 255 g/mol. The fourth-order valence-corrected chi connectivity index (χ4v) is 1.95. The van der Waals surface area contributed by atoms with E-state index in [1.54, 1.807) is 24.3 Å². The minimum absolute atomic E-state index is 0.0376. The van der Waals surface area contributed by atoms with Gasteiger partial charge in [-0.25, -0.2) is 0 Å². The van der Waals surface area contributed by atoms with E-state index in [2.05, 4.69) is 5.32 Å². The molecule has 5 nitrogen and oxygen atoms in total. The third-order valence-corrected chi connectivity index (χ3v) is 2.88. The number of aromatic hydroxyl groups is 1. The van der Waals surface area contributed by atoms with E-state index in [1.165, 1.54) is 12.1 Å². The van der Waals surface area contributed by atoms with Crippen LogP contribution in [0.2, 0.25) is 0 Å². The molecular weight excluding hydrogens is 246 g/mol. The molecule has 2 N–H and O–H groups in total. The largest absolute Gasteiger partial charge is 0.507 e. The van der Waals surface area contributed by atoms with Gasteiger partial charge in [0.05, 0.1) is 16.8 Å². The Labute approximate surface area is 108 Å². The molecule has 2 aromatic carbocycles. The first-order chi connectivity index (χ1) is 9.20. The maximum Gasteiger partial charge on any atom is 0.259 e. The summed E-state index contributed by atoms with van der Waals surface area (Å²) in [6.07, 6.45) is 0.468. The van der Waals surface area contributed by atoms with Crippen molar-refractivity contribution in [3.63, 3.8) is 0 Å². The third-order valence-electron chi connectivity index (χ3n) is 2.88. The number of benzene rings is 2. The number of anilines is 1. The summed E-state index contributed by atoms with van der Waals surface area (Å²) < 4.78 is 5.60. The zero-order valence-corrected chi connectivity index (χ0v) is 9.71. The summed E-state index contributed by atoms with van der Waals surface area (Å²) >= 11 is 0. The molecule has 94 valence electrons. The van der Waals surface area contributed by atoms with Gasteiger partial charge < -0.3 is 15.2 Å². The zero-order valence-electron chi connectivity index (χ0n) is 9.71. The summed E-state index contributed by atoms with van der Waals surface area (Å²) in [6.45, 7) is 0. The fourth-order valence-electron chi connectivity index (χ4n) is 1.95. The molecule has 1 aliphatic rings. The van der Waals surface area contributed by atoms with E-state index in [9.17, 15) is 14.7 Å². The molecule has 0 radical (unpaired) electrons. The number of amides is 1. The number of para-hydroxylation sites is 2. The number of carbonyl (C=O) groups is 2. The SMILES string of the molecule is O=Cc1c(O)ccc2c1Oc1ccccc1NC2=O. The maximum absolute atomic E-state index is 12.1. The van der Waals surface area contributed by atoms with Gasteiger partial charge in [0, 0.05) is 0 Å². The molecule has 0 bridgehead atoms. The second-order valence-electron chi connectivity index (χ2n) is 4.05. The molecule has 0 fully saturated rings. The lowest BCUT2D eigenvalue weighted by atomic mass is 10.1. The number of aldehydes is 1. The van der Waals surface area contributed by atoms with Gasteiger partial charge in [-0.1, -0.05) is 12.1 Å². The van der Waals surface area contributed by atoms with Crippen LogP contribution in [0, 0.1) is 0 Å². The van der Waals surface area contributed by atoms with Crippen molar-refractivity contribution in [1.82, 2.24) is 0 Å². The summed E-state index contributed by atoms with van der Waals surface area (Å²) in [5, 5.41) is 12.3. The normalized spacial score (nSPS) is 12.5. The van der Waals surface area contributed by atoms with Crippen LogP contribution in [0.25, 0.3) is 0 Å².